The van der Waals surface area contributed by atoms with E-state index in [1.54, 1.807) is 0 Å². The minimum absolute atomic E-state index is 0.0760. The summed E-state index contributed by atoms with van der Waals surface area (Å²) in [6.07, 6.45) is 5.23. The lowest BCUT2D eigenvalue weighted by Crippen LogP contribution is -2.50. The Kier molecular flexibility index (Phi) is 4.69. The molecule has 0 spiro atoms. The highest BCUT2D eigenvalue weighted by atomic mass is 16.2. The fourth-order valence-electron chi connectivity index (χ4n) is 2.76. The SMILES string of the molecule is CCCCCCC(=O)N1CC(C)(C)Nc2ccccc21. The van der Waals surface area contributed by atoms with Crippen LogP contribution in [0, 0.1) is 0 Å². The predicted octanol–water partition coefficient (Wildman–Crippen LogP) is 4.19. The first-order valence-electron chi connectivity index (χ1n) is 7.71. The molecular weight excluding hydrogens is 248 g/mol. The molecule has 0 saturated heterocycles. The van der Waals surface area contributed by atoms with Gasteiger partial charge in [0.25, 0.3) is 0 Å². The molecule has 1 aromatic rings. The molecule has 3 nitrogen and oxygen atoms in total. The number of para-hydroxylation sites is 2. The summed E-state index contributed by atoms with van der Waals surface area (Å²) in [6, 6.07) is 8.09. The summed E-state index contributed by atoms with van der Waals surface area (Å²) >= 11 is 0. The molecule has 0 aromatic heterocycles. The smallest absolute Gasteiger partial charge is 0.227 e. The summed E-state index contributed by atoms with van der Waals surface area (Å²) in [7, 11) is 0. The molecule has 0 radical (unpaired) electrons. The van der Waals surface area contributed by atoms with Gasteiger partial charge in [-0.3, -0.25) is 4.79 Å². The number of carbonyl (C=O) groups excluding carboxylic acids is 1. The van der Waals surface area contributed by atoms with Crippen LogP contribution in [0.4, 0.5) is 11.4 Å². The zero-order valence-corrected chi connectivity index (χ0v) is 12.9. The van der Waals surface area contributed by atoms with Gasteiger partial charge < -0.3 is 10.2 Å². The van der Waals surface area contributed by atoms with Crippen LogP contribution in [0.1, 0.15) is 52.9 Å². The number of amides is 1. The van der Waals surface area contributed by atoms with Crippen molar-refractivity contribution in [3.05, 3.63) is 24.3 Å². The summed E-state index contributed by atoms with van der Waals surface area (Å²) < 4.78 is 0. The van der Waals surface area contributed by atoms with Crippen molar-refractivity contribution in [2.45, 2.75) is 58.4 Å². The van der Waals surface area contributed by atoms with Crippen LogP contribution in [0.5, 0.6) is 0 Å². The minimum atomic E-state index is -0.0760. The van der Waals surface area contributed by atoms with Gasteiger partial charge in [-0.25, -0.2) is 0 Å². The third-order valence-electron chi connectivity index (χ3n) is 3.77. The fourth-order valence-corrected chi connectivity index (χ4v) is 2.76. The van der Waals surface area contributed by atoms with Crippen molar-refractivity contribution in [1.29, 1.82) is 0 Å². The highest BCUT2D eigenvalue weighted by Crippen LogP contribution is 2.34. The molecule has 0 bridgehead atoms. The van der Waals surface area contributed by atoms with Gasteiger partial charge in [0.2, 0.25) is 5.91 Å². The normalized spacial score (nSPS) is 16.4. The van der Waals surface area contributed by atoms with Crippen LogP contribution in [0.3, 0.4) is 0 Å². The molecule has 20 heavy (non-hydrogen) atoms. The average Bonchev–Trinajstić information content (AvgIpc) is 2.41. The molecule has 0 fully saturated rings. The van der Waals surface area contributed by atoms with Crippen LogP contribution in [0.25, 0.3) is 0 Å². The average molecular weight is 274 g/mol. The summed E-state index contributed by atoms with van der Waals surface area (Å²) in [6.45, 7) is 7.20. The summed E-state index contributed by atoms with van der Waals surface area (Å²) in [5.74, 6) is 0.253. The quantitative estimate of drug-likeness (QED) is 0.816. The van der Waals surface area contributed by atoms with E-state index in [0.29, 0.717) is 6.42 Å². The lowest BCUT2D eigenvalue weighted by molar-refractivity contribution is -0.118. The van der Waals surface area contributed by atoms with Gasteiger partial charge in [0, 0.05) is 18.5 Å². The van der Waals surface area contributed by atoms with Gasteiger partial charge in [0.05, 0.1) is 11.4 Å². The maximum Gasteiger partial charge on any atom is 0.227 e. The second-order valence-corrected chi connectivity index (χ2v) is 6.32. The van der Waals surface area contributed by atoms with Gasteiger partial charge >= 0.3 is 0 Å². The van der Waals surface area contributed by atoms with Crippen molar-refractivity contribution >= 4 is 17.3 Å². The largest absolute Gasteiger partial charge is 0.377 e. The number of unbranched alkanes of at least 4 members (excludes halogenated alkanes) is 3. The molecule has 1 heterocycles. The van der Waals surface area contributed by atoms with Crippen LogP contribution in [-0.4, -0.2) is 18.0 Å². The Bertz CT molecular complexity index is 468. The standard InChI is InChI=1S/C17H26N2O/c1-4-5-6-7-12-16(20)19-13-17(2,3)18-14-10-8-9-11-15(14)19/h8-11,18H,4-7,12-13H2,1-3H3. The number of anilines is 2. The van der Waals surface area contributed by atoms with E-state index >= 15 is 0 Å². The molecule has 1 aromatic carbocycles. The van der Waals surface area contributed by atoms with E-state index in [0.717, 1.165) is 30.8 Å². The van der Waals surface area contributed by atoms with E-state index in [-0.39, 0.29) is 11.4 Å². The first-order chi connectivity index (χ1) is 9.53. The van der Waals surface area contributed by atoms with Crippen LogP contribution in [0.2, 0.25) is 0 Å². The Balaban J connectivity index is 2.08. The number of hydrogen-bond donors (Lipinski definition) is 1. The Morgan fingerprint density at radius 3 is 2.75 bits per heavy atom. The zero-order chi connectivity index (χ0) is 14.6. The third kappa shape index (κ3) is 3.53. The van der Waals surface area contributed by atoms with Gasteiger partial charge in [0.1, 0.15) is 0 Å². The molecule has 1 aliphatic rings. The fraction of sp³-hybridized carbons (Fsp3) is 0.588. The first kappa shape index (κ1) is 14.9. The summed E-state index contributed by atoms with van der Waals surface area (Å²) in [5.41, 5.74) is 2.01. The van der Waals surface area contributed by atoms with E-state index in [1.807, 2.05) is 29.2 Å². The third-order valence-corrected chi connectivity index (χ3v) is 3.77. The van der Waals surface area contributed by atoms with Crippen molar-refractivity contribution in [2.75, 3.05) is 16.8 Å². The Morgan fingerprint density at radius 2 is 2.00 bits per heavy atom. The minimum Gasteiger partial charge on any atom is -0.377 e. The molecule has 1 N–H and O–H groups in total. The van der Waals surface area contributed by atoms with Gasteiger partial charge in [-0.15, -0.1) is 0 Å². The zero-order valence-electron chi connectivity index (χ0n) is 12.9. The van der Waals surface area contributed by atoms with Crippen LogP contribution >= 0.6 is 0 Å². The second kappa shape index (κ2) is 6.29. The van der Waals surface area contributed by atoms with Crippen LogP contribution < -0.4 is 10.2 Å². The lowest BCUT2D eigenvalue weighted by atomic mass is 9.98. The number of benzene rings is 1. The number of nitrogens with zero attached hydrogens (tertiary/aromatic N) is 1. The van der Waals surface area contributed by atoms with Gasteiger partial charge in [-0.2, -0.15) is 0 Å². The predicted molar refractivity (Wildman–Crippen MR) is 85.3 cm³/mol. The molecule has 0 unspecified atom stereocenters. The number of hydrogen-bond acceptors (Lipinski definition) is 2. The van der Waals surface area contributed by atoms with Crippen LogP contribution in [0.15, 0.2) is 24.3 Å². The maximum atomic E-state index is 12.5. The van der Waals surface area contributed by atoms with Crippen molar-refractivity contribution in [3.63, 3.8) is 0 Å². The van der Waals surface area contributed by atoms with E-state index in [2.05, 4.69) is 26.1 Å². The van der Waals surface area contributed by atoms with E-state index < -0.39 is 0 Å². The molecule has 0 saturated carbocycles. The highest BCUT2D eigenvalue weighted by molar-refractivity contribution is 5.98. The van der Waals surface area contributed by atoms with Gasteiger partial charge in [0.15, 0.2) is 0 Å². The Labute approximate surface area is 122 Å². The van der Waals surface area contributed by atoms with Crippen molar-refractivity contribution in [2.24, 2.45) is 0 Å². The topological polar surface area (TPSA) is 32.3 Å². The highest BCUT2D eigenvalue weighted by Gasteiger charge is 2.32. The lowest BCUT2D eigenvalue weighted by Gasteiger charge is -2.41. The first-order valence-corrected chi connectivity index (χ1v) is 7.71. The maximum absolute atomic E-state index is 12.5. The molecule has 2 rings (SSSR count). The Hall–Kier alpha value is -1.51. The molecule has 0 aliphatic carbocycles. The number of carbonyl (C=O) groups is 1. The molecule has 0 atom stereocenters. The Morgan fingerprint density at radius 1 is 1.25 bits per heavy atom. The molecule has 3 heteroatoms. The van der Waals surface area contributed by atoms with E-state index in [4.69, 9.17) is 0 Å². The number of nitrogens with one attached hydrogen (secondary N) is 1. The van der Waals surface area contributed by atoms with Crippen LogP contribution in [-0.2, 0) is 4.79 Å². The number of fused-ring (bicyclic) bond motifs is 1. The van der Waals surface area contributed by atoms with E-state index in [9.17, 15) is 4.79 Å². The van der Waals surface area contributed by atoms with Gasteiger partial charge in [-0.05, 0) is 32.4 Å². The van der Waals surface area contributed by atoms with E-state index in [1.165, 1.54) is 12.8 Å². The van der Waals surface area contributed by atoms with Crippen molar-refractivity contribution < 1.29 is 4.79 Å². The molecule has 1 aliphatic heterocycles. The summed E-state index contributed by atoms with van der Waals surface area (Å²) in [4.78, 5) is 14.5. The summed E-state index contributed by atoms with van der Waals surface area (Å²) in [5, 5.41) is 3.50. The van der Waals surface area contributed by atoms with Gasteiger partial charge in [-0.1, -0.05) is 38.3 Å². The molecular formula is C17H26N2O. The molecule has 1 amide bonds. The monoisotopic (exact) mass is 274 g/mol. The molecule has 110 valence electrons. The van der Waals surface area contributed by atoms with Crippen molar-refractivity contribution in [3.8, 4) is 0 Å². The van der Waals surface area contributed by atoms with Crippen molar-refractivity contribution in [1.82, 2.24) is 0 Å². The second-order valence-electron chi connectivity index (χ2n) is 6.32. The number of rotatable bonds is 5.